The first-order chi connectivity index (χ1) is 14.8. The van der Waals surface area contributed by atoms with E-state index in [1.54, 1.807) is 16.9 Å². The Balaban J connectivity index is 1.40. The minimum Gasteiger partial charge on any atom is -0.381 e. The monoisotopic (exact) mass is 400 g/mol. The van der Waals surface area contributed by atoms with E-state index in [4.69, 9.17) is 4.74 Å². The Morgan fingerprint density at radius 3 is 2.60 bits per heavy atom. The quantitative estimate of drug-likeness (QED) is 0.457. The summed E-state index contributed by atoms with van der Waals surface area (Å²) in [6.45, 7) is 1.51. The van der Waals surface area contributed by atoms with Crippen LogP contribution in [-0.2, 0) is 11.2 Å². The van der Waals surface area contributed by atoms with Crippen molar-refractivity contribution in [2.75, 3.05) is 13.2 Å². The summed E-state index contributed by atoms with van der Waals surface area (Å²) in [4.78, 5) is 13.1. The van der Waals surface area contributed by atoms with Crippen molar-refractivity contribution in [2.24, 2.45) is 5.92 Å². The van der Waals surface area contributed by atoms with E-state index < -0.39 is 0 Å². The zero-order chi connectivity index (χ0) is 20.3. The summed E-state index contributed by atoms with van der Waals surface area (Å²) in [6, 6.07) is 16.2. The van der Waals surface area contributed by atoms with E-state index in [1.165, 1.54) is 5.56 Å². The van der Waals surface area contributed by atoms with Crippen molar-refractivity contribution >= 4 is 11.3 Å². The molecule has 6 heteroatoms. The van der Waals surface area contributed by atoms with Gasteiger partial charge in [-0.15, -0.1) is 0 Å². The third-order valence-electron chi connectivity index (χ3n) is 5.82. The molecule has 0 radical (unpaired) electrons. The van der Waals surface area contributed by atoms with Crippen LogP contribution in [0.1, 0.15) is 40.9 Å². The Morgan fingerprint density at radius 2 is 1.83 bits per heavy atom. The molecule has 0 amide bonds. The number of hydrogen-bond donors (Lipinski definition) is 0. The smallest absolute Gasteiger partial charge is 0.181 e. The van der Waals surface area contributed by atoms with Gasteiger partial charge < -0.3 is 4.74 Å². The number of fused-ring (bicyclic) bond motifs is 1. The first kappa shape index (κ1) is 18.8. The third-order valence-corrected chi connectivity index (χ3v) is 5.82. The highest BCUT2D eigenvalue weighted by molar-refractivity contribution is 5.96. The van der Waals surface area contributed by atoms with Crippen LogP contribution in [-0.4, -0.2) is 38.4 Å². The van der Waals surface area contributed by atoms with E-state index in [1.807, 2.05) is 35.1 Å². The fourth-order valence-electron chi connectivity index (χ4n) is 4.17. The second-order valence-corrected chi connectivity index (χ2v) is 7.85. The molecule has 152 valence electrons. The van der Waals surface area contributed by atoms with Gasteiger partial charge in [0.2, 0.25) is 0 Å². The number of carbonyl (C=O) groups excluding carboxylic acids is 1. The molecular weight excluding hydrogens is 376 g/mol. The molecule has 0 unspecified atom stereocenters. The fraction of sp³-hybridized carbons (Fsp3) is 0.292. The number of benzene rings is 1. The number of carbonyl (C=O) groups is 1. The van der Waals surface area contributed by atoms with Crippen molar-refractivity contribution in [1.82, 2.24) is 19.4 Å². The van der Waals surface area contributed by atoms with Gasteiger partial charge in [-0.3, -0.25) is 4.79 Å². The van der Waals surface area contributed by atoms with Gasteiger partial charge in [-0.1, -0.05) is 12.1 Å². The molecule has 0 atom stereocenters. The summed E-state index contributed by atoms with van der Waals surface area (Å²) in [5.41, 5.74) is 5.00. The van der Waals surface area contributed by atoms with E-state index in [9.17, 15) is 4.79 Å². The lowest BCUT2D eigenvalue weighted by atomic mass is 9.93. The Bertz CT molecular complexity index is 1140. The molecular formula is C24H24N4O2. The first-order valence-electron chi connectivity index (χ1n) is 10.4. The van der Waals surface area contributed by atoms with Crippen molar-refractivity contribution in [2.45, 2.75) is 25.7 Å². The van der Waals surface area contributed by atoms with Crippen LogP contribution in [0.2, 0.25) is 0 Å². The van der Waals surface area contributed by atoms with Crippen LogP contribution < -0.4 is 0 Å². The van der Waals surface area contributed by atoms with Gasteiger partial charge >= 0.3 is 0 Å². The van der Waals surface area contributed by atoms with Gasteiger partial charge in [-0.05, 0) is 72.7 Å². The summed E-state index contributed by atoms with van der Waals surface area (Å²) in [5.74, 6) is 0.565. The number of ketones is 1. The molecule has 3 aromatic heterocycles. The van der Waals surface area contributed by atoms with Crippen LogP contribution >= 0.6 is 0 Å². The molecule has 0 N–H and O–H groups in total. The molecule has 1 aliphatic heterocycles. The topological polar surface area (TPSA) is 61.4 Å². The molecule has 30 heavy (non-hydrogen) atoms. The molecule has 1 aromatic carbocycles. The van der Waals surface area contributed by atoms with E-state index in [2.05, 4.69) is 34.5 Å². The van der Waals surface area contributed by atoms with Crippen LogP contribution in [0.15, 0.2) is 67.1 Å². The fourth-order valence-corrected chi connectivity index (χ4v) is 4.17. The molecule has 5 rings (SSSR count). The third kappa shape index (κ3) is 3.78. The Morgan fingerprint density at radius 1 is 1.03 bits per heavy atom. The van der Waals surface area contributed by atoms with Gasteiger partial charge in [-0.25, -0.2) is 9.20 Å². The number of aromatic nitrogens is 4. The first-order valence-corrected chi connectivity index (χ1v) is 10.4. The van der Waals surface area contributed by atoms with Gasteiger partial charge in [0, 0.05) is 38.2 Å². The zero-order valence-corrected chi connectivity index (χ0v) is 16.8. The second-order valence-electron chi connectivity index (χ2n) is 7.85. The van der Waals surface area contributed by atoms with Gasteiger partial charge in [-0.2, -0.15) is 10.2 Å². The van der Waals surface area contributed by atoms with Crippen molar-refractivity contribution in [3.63, 3.8) is 0 Å². The average Bonchev–Trinajstić information content (AvgIpc) is 3.44. The normalized spacial score (nSPS) is 14.9. The molecule has 0 spiro atoms. The molecule has 6 nitrogen and oxygen atoms in total. The summed E-state index contributed by atoms with van der Waals surface area (Å²) in [7, 11) is 0. The molecule has 1 fully saturated rings. The Labute approximate surface area is 175 Å². The minimum atomic E-state index is 0.163. The molecule has 0 saturated carbocycles. The van der Waals surface area contributed by atoms with Crippen molar-refractivity contribution in [3.8, 4) is 5.69 Å². The molecule has 1 saturated heterocycles. The highest BCUT2D eigenvalue weighted by Crippen LogP contribution is 2.25. The highest BCUT2D eigenvalue weighted by atomic mass is 16.5. The SMILES string of the molecule is O=C(CC1CCOCC1)c1cc(Cc2ccc(-n3cccn3)cc2)c2cccnn12. The number of Topliss-reactive ketones (excluding diaryl/α,β-unsaturated/α-hetero) is 1. The van der Waals surface area contributed by atoms with E-state index in [0.29, 0.717) is 18.0 Å². The van der Waals surface area contributed by atoms with Crippen molar-refractivity contribution in [1.29, 1.82) is 0 Å². The van der Waals surface area contributed by atoms with Gasteiger partial charge in [0.15, 0.2) is 5.78 Å². The maximum Gasteiger partial charge on any atom is 0.181 e. The van der Waals surface area contributed by atoms with Crippen LogP contribution in [0.3, 0.4) is 0 Å². The predicted octanol–water partition coefficient (Wildman–Crippen LogP) is 4.11. The zero-order valence-electron chi connectivity index (χ0n) is 16.8. The van der Waals surface area contributed by atoms with Gasteiger partial charge in [0.25, 0.3) is 0 Å². The lowest BCUT2D eigenvalue weighted by Crippen LogP contribution is -2.19. The van der Waals surface area contributed by atoms with Gasteiger partial charge in [0.05, 0.1) is 11.2 Å². The second kappa shape index (κ2) is 8.24. The van der Waals surface area contributed by atoms with Crippen molar-refractivity contribution in [3.05, 3.63) is 83.9 Å². The maximum atomic E-state index is 13.1. The average molecular weight is 400 g/mol. The number of nitrogens with zero attached hydrogens (tertiary/aromatic N) is 4. The van der Waals surface area contributed by atoms with Gasteiger partial charge in [0.1, 0.15) is 5.69 Å². The molecule has 4 heterocycles. The minimum absolute atomic E-state index is 0.163. The molecule has 0 aliphatic carbocycles. The highest BCUT2D eigenvalue weighted by Gasteiger charge is 2.22. The predicted molar refractivity (Wildman–Crippen MR) is 114 cm³/mol. The van der Waals surface area contributed by atoms with E-state index >= 15 is 0 Å². The number of hydrogen-bond acceptors (Lipinski definition) is 4. The van der Waals surface area contributed by atoms with E-state index in [-0.39, 0.29) is 5.78 Å². The Hall–Kier alpha value is -3.25. The van der Waals surface area contributed by atoms with Crippen LogP contribution in [0.25, 0.3) is 11.2 Å². The lowest BCUT2D eigenvalue weighted by Gasteiger charge is -2.20. The summed E-state index contributed by atoms with van der Waals surface area (Å²) in [5, 5.41) is 8.74. The standard InChI is InChI=1S/C24H24N4O2/c29-24(16-19-8-13-30-14-9-19)23-17-20(22-3-1-10-26-28(22)23)15-18-4-6-21(7-5-18)27-12-2-11-25-27/h1-7,10-12,17,19H,8-9,13-16H2. The van der Waals surface area contributed by atoms with E-state index in [0.717, 1.165) is 49.2 Å². The Kier molecular flexibility index (Phi) is 5.15. The number of ether oxygens (including phenoxy) is 1. The molecule has 0 bridgehead atoms. The van der Waals surface area contributed by atoms with Crippen LogP contribution in [0, 0.1) is 5.92 Å². The maximum absolute atomic E-state index is 13.1. The van der Waals surface area contributed by atoms with Crippen LogP contribution in [0.5, 0.6) is 0 Å². The summed E-state index contributed by atoms with van der Waals surface area (Å²) in [6.07, 6.45) is 8.66. The number of rotatable bonds is 6. The van der Waals surface area contributed by atoms with Crippen LogP contribution in [0.4, 0.5) is 0 Å². The summed E-state index contributed by atoms with van der Waals surface area (Å²) >= 11 is 0. The largest absolute Gasteiger partial charge is 0.381 e. The summed E-state index contributed by atoms with van der Waals surface area (Å²) < 4.78 is 9.07. The lowest BCUT2D eigenvalue weighted by molar-refractivity contribution is 0.0599. The van der Waals surface area contributed by atoms with Crippen molar-refractivity contribution < 1.29 is 9.53 Å². The molecule has 4 aromatic rings. The molecule has 1 aliphatic rings.